The fraction of sp³-hybridized carbons (Fsp3) is 0. The average Bonchev–Trinajstić information content (AvgIpc) is 2.70. The molecule has 0 spiro atoms. The molecule has 0 aliphatic carbocycles. The Labute approximate surface area is 133 Å². The molecule has 2 N–H and O–H groups in total. The molecule has 1 aromatic carbocycles. The number of hydrogen-bond donors (Lipinski definition) is 2. The van der Waals surface area contributed by atoms with E-state index in [0.29, 0.717) is 16.5 Å². The molecule has 0 aliphatic heterocycles. The van der Waals surface area contributed by atoms with E-state index in [-0.39, 0.29) is 43.4 Å². The second-order valence-corrected chi connectivity index (χ2v) is 3.55. The van der Waals surface area contributed by atoms with Gasteiger partial charge in [0.1, 0.15) is 17.2 Å². The summed E-state index contributed by atoms with van der Waals surface area (Å²) in [6.07, 6.45) is 1.48. The predicted molar refractivity (Wildman–Crippen MR) is 67.8 cm³/mol. The Morgan fingerprint density at radius 2 is 1.88 bits per heavy atom. The zero-order chi connectivity index (χ0) is 11.5. The minimum atomic E-state index is -1.02. The number of H-pyrrole nitrogens is 1. The summed E-state index contributed by atoms with van der Waals surface area (Å²) in [5.74, 6) is 0.0195. The van der Waals surface area contributed by atoms with Crippen molar-refractivity contribution in [1.29, 1.82) is 0 Å². The molecule has 0 fully saturated rings. The normalized spacial score (nSPS) is 9.47. The van der Waals surface area contributed by atoms with Gasteiger partial charge in [0.05, 0.1) is 0 Å². The molecule has 86 valence electrons. The Kier molecular flexibility index (Phi) is 5.33. The van der Waals surface area contributed by atoms with E-state index in [1.807, 2.05) is 0 Å². The van der Waals surface area contributed by atoms with E-state index in [0.717, 1.165) is 0 Å². The first-order chi connectivity index (χ1) is 7.65. The number of ether oxygens (including phenoxy) is 1. The quantitative estimate of drug-likeness (QED) is 0.847. The van der Waals surface area contributed by atoms with Crippen LogP contribution in [0.15, 0.2) is 36.5 Å². The second-order valence-electron chi connectivity index (χ2n) is 3.11. The molecule has 17 heavy (non-hydrogen) atoms. The topological polar surface area (TPSA) is 62.3 Å². The summed E-state index contributed by atoms with van der Waals surface area (Å²) in [4.78, 5) is 13.2. The van der Waals surface area contributed by atoms with Crippen molar-refractivity contribution >= 4 is 55.3 Å². The van der Waals surface area contributed by atoms with Crippen LogP contribution in [0.25, 0.3) is 0 Å². The molecular formula is C11H10CaClNO3. The van der Waals surface area contributed by atoms with Gasteiger partial charge in [-0.3, -0.25) is 0 Å². The zero-order valence-corrected chi connectivity index (χ0v) is 8.86. The molecule has 0 aliphatic rings. The van der Waals surface area contributed by atoms with Crippen LogP contribution < -0.4 is 4.74 Å². The number of aromatic amines is 1. The molecule has 0 bridgehead atoms. The zero-order valence-electron chi connectivity index (χ0n) is 8.11. The third-order valence-corrected chi connectivity index (χ3v) is 2.19. The van der Waals surface area contributed by atoms with Crippen molar-refractivity contribution in [2.24, 2.45) is 0 Å². The molecule has 0 atom stereocenters. The number of aromatic carboxylic acids is 1. The van der Waals surface area contributed by atoms with E-state index in [9.17, 15) is 4.79 Å². The molecule has 0 saturated carbocycles. The monoisotopic (exact) mass is 279 g/mol. The molecular weight excluding hydrogens is 270 g/mol. The number of carboxylic acid groups (broad SMARTS) is 1. The maximum atomic E-state index is 10.6. The molecule has 0 unspecified atom stereocenters. The number of nitrogens with one attached hydrogen (secondary N) is 1. The van der Waals surface area contributed by atoms with Gasteiger partial charge in [-0.1, -0.05) is 11.6 Å². The number of benzene rings is 1. The van der Waals surface area contributed by atoms with E-state index in [1.165, 1.54) is 12.3 Å². The van der Waals surface area contributed by atoms with Gasteiger partial charge in [-0.2, -0.15) is 0 Å². The average molecular weight is 280 g/mol. The summed E-state index contributed by atoms with van der Waals surface area (Å²) in [5.41, 5.74) is 0.0870. The summed E-state index contributed by atoms with van der Waals surface area (Å²) in [7, 11) is 0. The Morgan fingerprint density at radius 1 is 1.24 bits per heavy atom. The Morgan fingerprint density at radius 3 is 2.41 bits per heavy atom. The van der Waals surface area contributed by atoms with Gasteiger partial charge >= 0.3 is 43.7 Å². The van der Waals surface area contributed by atoms with E-state index < -0.39 is 5.97 Å². The van der Waals surface area contributed by atoms with Gasteiger partial charge in [0.2, 0.25) is 0 Å². The van der Waals surface area contributed by atoms with Crippen LogP contribution in [0, 0.1) is 0 Å². The van der Waals surface area contributed by atoms with Crippen molar-refractivity contribution in [3.63, 3.8) is 0 Å². The van der Waals surface area contributed by atoms with Crippen LogP contribution in [-0.2, 0) is 0 Å². The minimum absolute atomic E-state index is 0. The molecule has 4 nitrogen and oxygen atoms in total. The molecule has 0 saturated heterocycles. The first kappa shape index (κ1) is 14.4. The number of halogens is 1. The second kappa shape index (κ2) is 6.31. The van der Waals surface area contributed by atoms with Gasteiger partial charge < -0.3 is 14.8 Å². The van der Waals surface area contributed by atoms with E-state index in [1.54, 1.807) is 24.3 Å². The van der Waals surface area contributed by atoms with Crippen LogP contribution in [0.4, 0.5) is 0 Å². The predicted octanol–water partition coefficient (Wildman–Crippen LogP) is 2.24. The van der Waals surface area contributed by atoms with E-state index >= 15 is 0 Å². The van der Waals surface area contributed by atoms with Crippen LogP contribution in [0.5, 0.6) is 11.5 Å². The summed E-state index contributed by atoms with van der Waals surface area (Å²) in [6, 6.07) is 8.21. The van der Waals surface area contributed by atoms with Crippen molar-refractivity contribution < 1.29 is 14.6 Å². The third-order valence-electron chi connectivity index (χ3n) is 1.94. The summed E-state index contributed by atoms with van der Waals surface area (Å²) < 4.78 is 5.41. The van der Waals surface area contributed by atoms with Crippen LogP contribution in [-0.4, -0.2) is 53.8 Å². The van der Waals surface area contributed by atoms with Gasteiger partial charge in [0, 0.05) is 17.3 Å². The van der Waals surface area contributed by atoms with Crippen LogP contribution in [0.3, 0.4) is 0 Å². The van der Waals surface area contributed by atoms with Crippen molar-refractivity contribution in [3.8, 4) is 11.5 Å². The number of carboxylic acids is 1. The van der Waals surface area contributed by atoms with E-state index in [4.69, 9.17) is 21.4 Å². The SMILES string of the molecule is O=C(O)c1cc(Oc2ccc(Cl)cc2)c[nH]1.[CaH2]. The fourth-order valence-electron chi connectivity index (χ4n) is 1.20. The Balaban J connectivity index is 0.00000144. The van der Waals surface area contributed by atoms with Gasteiger partial charge in [-0.25, -0.2) is 4.79 Å². The van der Waals surface area contributed by atoms with Crippen LogP contribution in [0.2, 0.25) is 5.02 Å². The van der Waals surface area contributed by atoms with Gasteiger partial charge in [-0.15, -0.1) is 0 Å². The fourth-order valence-corrected chi connectivity index (χ4v) is 1.32. The van der Waals surface area contributed by atoms with Gasteiger partial charge in [0.25, 0.3) is 0 Å². The number of hydrogen-bond acceptors (Lipinski definition) is 2. The number of rotatable bonds is 3. The summed E-state index contributed by atoms with van der Waals surface area (Å²) >= 11 is 5.72. The molecule has 0 amide bonds. The summed E-state index contributed by atoms with van der Waals surface area (Å²) in [6.45, 7) is 0. The van der Waals surface area contributed by atoms with Crippen molar-refractivity contribution in [2.75, 3.05) is 0 Å². The van der Waals surface area contributed by atoms with Gasteiger partial charge in [0.15, 0.2) is 0 Å². The molecule has 1 heterocycles. The molecule has 1 aromatic heterocycles. The molecule has 0 radical (unpaired) electrons. The van der Waals surface area contributed by atoms with E-state index in [2.05, 4.69) is 4.98 Å². The first-order valence-corrected chi connectivity index (χ1v) is 4.88. The molecule has 2 aromatic rings. The number of aromatic nitrogens is 1. The molecule has 6 heteroatoms. The summed E-state index contributed by atoms with van der Waals surface area (Å²) in [5, 5.41) is 9.31. The molecule has 2 rings (SSSR count). The first-order valence-electron chi connectivity index (χ1n) is 4.50. The Bertz CT molecular complexity index is 510. The standard InChI is InChI=1S/C11H8ClNO3.Ca.2H/c12-7-1-3-8(4-2-7)16-9-5-10(11(14)15)13-6-9;;;/h1-6,13H,(H,14,15);;;. The Hall–Kier alpha value is -0.680. The van der Waals surface area contributed by atoms with Crippen LogP contribution in [0.1, 0.15) is 10.5 Å². The van der Waals surface area contributed by atoms with Crippen molar-refractivity contribution in [3.05, 3.63) is 47.2 Å². The maximum absolute atomic E-state index is 10.6. The number of carbonyl (C=O) groups is 1. The van der Waals surface area contributed by atoms with Crippen LogP contribution >= 0.6 is 11.6 Å². The van der Waals surface area contributed by atoms with Crippen molar-refractivity contribution in [1.82, 2.24) is 4.98 Å². The van der Waals surface area contributed by atoms with Gasteiger partial charge in [-0.05, 0) is 24.3 Å². The third kappa shape index (κ3) is 3.92. The van der Waals surface area contributed by atoms with Crippen molar-refractivity contribution in [2.45, 2.75) is 0 Å².